The number of piperidine rings is 1. The van der Waals surface area contributed by atoms with Gasteiger partial charge in [0.05, 0.1) is 32.6 Å². The van der Waals surface area contributed by atoms with Crippen molar-refractivity contribution in [3.8, 4) is 11.5 Å². The Kier molecular flexibility index (Phi) is 7.22. The van der Waals surface area contributed by atoms with E-state index in [1.54, 1.807) is 20.3 Å². The lowest BCUT2D eigenvalue weighted by Crippen LogP contribution is -2.44. The fraction of sp³-hybridized carbons (Fsp3) is 0.519. The Labute approximate surface area is 205 Å². The molecule has 0 amide bonds. The molecular formula is C27H34FN3O4. The summed E-state index contributed by atoms with van der Waals surface area (Å²) in [6.45, 7) is 4.16. The van der Waals surface area contributed by atoms with Gasteiger partial charge in [-0.1, -0.05) is 11.2 Å². The summed E-state index contributed by atoms with van der Waals surface area (Å²) in [5.41, 5.74) is 9.99. The van der Waals surface area contributed by atoms with Gasteiger partial charge in [0.1, 0.15) is 5.82 Å². The summed E-state index contributed by atoms with van der Waals surface area (Å²) in [6, 6.07) is 8.60. The van der Waals surface area contributed by atoms with Crippen molar-refractivity contribution in [2.75, 3.05) is 40.4 Å². The average molecular weight is 484 g/mol. The number of nitrogens with two attached hydrogens (primary N) is 1. The molecule has 0 saturated carbocycles. The molecule has 2 aliphatic rings. The van der Waals surface area contributed by atoms with Crippen LogP contribution in [0, 0.1) is 11.7 Å². The van der Waals surface area contributed by atoms with Gasteiger partial charge in [0.2, 0.25) is 0 Å². The van der Waals surface area contributed by atoms with Crippen LogP contribution in [0.4, 0.5) is 4.39 Å². The fourth-order valence-electron chi connectivity index (χ4n) is 5.83. The number of likely N-dealkylation sites (tertiary alicyclic amines) is 1. The number of hydrogen-bond acceptors (Lipinski definition) is 7. The maximum atomic E-state index is 13.4. The van der Waals surface area contributed by atoms with Crippen molar-refractivity contribution in [3.05, 3.63) is 53.0 Å². The Hall–Kier alpha value is -2.68. The number of aryl methyl sites for hydroxylation is 1. The van der Waals surface area contributed by atoms with Crippen LogP contribution in [0.2, 0.25) is 0 Å². The summed E-state index contributed by atoms with van der Waals surface area (Å²) in [4.78, 5) is 2.51. The first-order valence-electron chi connectivity index (χ1n) is 12.4. The predicted octanol–water partition coefficient (Wildman–Crippen LogP) is 4.27. The van der Waals surface area contributed by atoms with E-state index >= 15 is 0 Å². The van der Waals surface area contributed by atoms with Crippen LogP contribution in [0.3, 0.4) is 0 Å². The van der Waals surface area contributed by atoms with E-state index < -0.39 is 0 Å². The van der Waals surface area contributed by atoms with E-state index in [4.69, 9.17) is 24.5 Å². The topological polar surface area (TPSA) is 83.0 Å². The molecule has 2 aliphatic heterocycles. The number of rotatable bonds is 8. The third-order valence-corrected chi connectivity index (χ3v) is 7.62. The van der Waals surface area contributed by atoms with Crippen LogP contribution < -0.4 is 15.2 Å². The molecule has 0 aliphatic carbocycles. The predicted molar refractivity (Wildman–Crippen MR) is 131 cm³/mol. The highest BCUT2D eigenvalue weighted by molar-refractivity contribution is 5.79. The van der Waals surface area contributed by atoms with Crippen molar-refractivity contribution >= 4 is 11.0 Å². The zero-order valence-electron chi connectivity index (χ0n) is 20.5. The number of aromatic nitrogens is 1. The minimum atomic E-state index is -0.303. The number of ether oxygens (including phenoxy) is 3. The molecule has 1 saturated heterocycles. The van der Waals surface area contributed by atoms with Crippen LogP contribution >= 0.6 is 0 Å². The second kappa shape index (κ2) is 10.5. The summed E-state index contributed by atoms with van der Waals surface area (Å²) in [7, 11) is 3.36. The van der Waals surface area contributed by atoms with Gasteiger partial charge in [0, 0.05) is 29.5 Å². The van der Waals surface area contributed by atoms with Gasteiger partial charge in [0.15, 0.2) is 17.1 Å². The highest BCUT2D eigenvalue weighted by Gasteiger charge is 2.39. The van der Waals surface area contributed by atoms with E-state index in [1.807, 2.05) is 6.07 Å². The van der Waals surface area contributed by atoms with Crippen molar-refractivity contribution in [1.82, 2.24) is 10.1 Å². The van der Waals surface area contributed by atoms with Gasteiger partial charge in [0.25, 0.3) is 0 Å². The third-order valence-electron chi connectivity index (χ3n) is 7.62. The lowest BCUT2D eigenvalue weighted by molar-refractivity contribution is -0.0452. The summed E-state index contributed by atoms with van der Waals surface area (Å²) < 4.78 is 36.4. The van der Waals surface area contributed by atoms with E-state index in [-0.39, 0.29) is 17.8 Å². The van der Waals surface area contributed by atoms with Crippen LogP contribution in [0.5, 0.6) is 11.5 Å². The first-order valence-corrected chi connectivity index (χ1v) is 12.4. The second-order valence-electron chi connectivity index (χ2n) is 9.54. The van der Waals surface area contributed by atoms with Gasteiger partial charge < -0.3 is 29.4 Å². The monoisotopic (exact) mass is 483 g/mol. The molecule has 2 N–H and O–H groups in total. The van der Waals surface area contributed by atoms with Gasteiger partial charge in [-0.3, -0.25) is 0 Å². The third kappa shape index (κ3) is 4.75. The number of fused-ring (bicyclic) bond motifs is 2. The zero-order chi connectivity index (χ0) is 24.4. The van der Waals surface area contributed by atoms with Crippen molar-refractivity contribution in [1.29, 1.82) is 0 Å². The summed E-state index contributed by atoms with van der Waals surface area (Å²) in [5, 5.41) is 5.05. The largest absolute Gasteiger partial charge is 0.493 e. The molecule has 2 atom stereocenters. The Morgan fingerprint density at radius 1 is 1.14 bits per heavy atom. The molecule has 0 bridgehead atoms. The molecule has 35 heavy (non-hydrogen) atoms. The Morgan fingerprint density at radius 2 is 1.97 bits per heavy atom. The Morgan fingerprint density at radius 3 is 2.71 bits per heavy atom. The van der Waals surface area contributed by atoms with E-state index in [0.29, 0.717) is 24.7 Å². The van der Waals surface area contributed by atoms with Crippen LogP contribution in [0.25, 0.3) is 11.0 Å². The molecule has 2 aromatic carbocycles. The van der Waals surface area contributed by atoms with Crippen LogP contribution in [0.1, 0.15) is 42.0 Å². The molecule has 0 unspecified atom stereocenters. The van der Waals surface area contributed by atoms with Crippen molar-refractivity contribution in [3.63, 3.8) is 0 Å². The maximum Gasteiger partial charge on any atom is 0.170 e. The number of halogens is 1. The zero-order valence-corrected chi connectivity index (χ0v) is 20.5. The van der Waals surface area contributed by atoms with Crippen molar-refractivity contribution in [2.45, 2.75) is 44.3 Å². The molecular weight excluding hydrogens is 449 g/mol. The van der Waals surface area contributed by atoms with Crippen molar-refractivity contribution in [2.24, 2.45) is 11.7 Å². The standard InChI is InChI=1S/C27H34FN3O4/c1-32-23-8-5-18-16-34-26(21(15-29)25(18)27(23)33-2)17-9-12-31(13-10-17)11-3-4-22-20-7-6-19(28)14-24(20)35-30-22/h5-8,14,17,21,26H,3-4,9-13,15-16,29H2,1-2H3/t21-,26-/m0/s1. The highest BCUT2D eigenvalue weighted by Crippen LogP contribution is 2.45. The minimum Gasteiger partial charge on any atom is -0.493 e. The normalized spacial score (nSPS) is 21.3. The van der Waals surface area contributed by atoms with Gasteiger partial charge in [-0.25, -0.2) is 4.39 Å². The van der Waals surface area contributed by atoms with Gasteiger partial charge >= 0.3 is 0 Å². The molecule has 5 rings (SSSR count). The number of nitrogens with zero attached hydrogens (tertiary/aromatic N) is 2. The first-order chi connectivity index (χ1) is 17.1. The fourth-order valence-corrected chi connectivity index (χ4v) is 5.83. The van der Waals surface area contributed by atoms with Crippen LogP contribution in [0.15, 0.2) is 34.9 Å². The van der Waals surface area contributed by atoms with Crippen LogP contribution in [-0.4, -0.2) is 56.6 Å². The first kappa shape index (κ1) is 24.0. The summed E-state index contributed by atoms with van der Waals surface area (Å²) >= 11 is 0. The molecule has 3 aromatic rings. The average Bonchev–Trinajstić information content (AvgIpc) is 3.29. The molecule has 1 aromatic heterocycles. The molecule has 0 spiro atoms. The molecule has 1 fully saturated rings. The number of hydrogen-bond donors (Lipinski definition) is 1. The highest BCUT2D eigenvalue weighted by atomic mass is 19.1. The minimum absolute atomic E-state index is 0.0811. The lowest BCUT2D eigenvalue weighted by Gasteiger charge is -2.42. The molecule has 188 valence electrons. The molecule has 0 radical (unpaired) electrons. The van der Waals surface area contributed by atoms with E-state index in [2.05, 4.69) is 16.1 Å². The smallest absolute Gasteiger partial charge is 0.170 e. The number of methoxy groups -OCH3 is 2. The van der Waals surface area contributed by atoms with Gasteiger partial charge in [-0.15, -0.1) is 0 Å². The Balaban J connectivity index is 1.18. The number of benzene rings is 2. The van der Waals surface area contributed by atoms with Crippen molar-refractivity contribution < 1.29 is 23.1 Å². The molecule has 3 heterocycles. The SMILES string of the molecule is COc1ccc2c(c1OC)[C@H](CN)[C@H](C1CCN(CCCc3noc4cc(F)ccc34)CC1)OC2. The summed E-state index contributed by atoms with van der Waals surface area (Å²) in [6.07, 6.45) is 4.04. The van der Waals surface area contributed by atoms with E-state index in [9.17, 15) is 4.39 Å². The van der Waals surface area contributed by atoms with E-state index in [0.717, 1.165) is 79.0 Å². The van der Waals surface area contributed by atoms with Crippen LogP contribution in [-0.2, 0) is 17.8 Å². The summed E-state index contributed by atoms with van der Waals surface area (Å²) in [5.74, 6) is 1.77. The molecule has 7 nitrogen and oxygen atoms in total. The second-order valence-corrected chi connectivity index (χ2v) is 9.54. The van der Waals surface area contributed by atoms with Gasteiger partial charge in [-0.05, 0) is 75.0 Å². The lowest BCUT2D eigenvalue weighted by atomic mass is 9.77. The Bertz CT molecular complexity index is 1160. The van der Waals surface area contributed by atoms with Gasteiger partial charge in [-0.2, -0.15) is 0 Å². The maximum absolute atomic E-state index is 13.4. The quantitative estimate of drug-likeness (QED) is 0.512. The molecule has 8 heteroatoms. The van der Waals surface area contributed by atoms with E-state index in [1.165, 1.54) is 12.1 Å².